The Balaban J connectivity index is 0.765. The van der Waals surface area contributed by atoms with Gasteiger partial charge in [0.25, 0.3) is 11.8 Å². The molecule has 3 atom stereocenters. The zero-order valence-electron chi connectivity index (χ0n) is 41.7. The summed E-state index contributed by atoms with van der Waals surface area (Å²) in [7, 11) is 1.51. The maximum Gasteiger partial charge on any atom is 0.319 e. The molecule has 16 heteroatoms. The number of aromatic nitrogens is 3. The van der Waals surface area contributed by atoms with Gasteiger partial charge in [0.1, 0.15) is 23.3 Å². The number of nitrogens with zero attached hydrogens (tertiary/aromatic N) is 8. The number of nitrogens with one attached hydrogen (secondary N) is 2. The molecule has 15 nitrogen and oxygen atoms in total. The summed E-state index contributed by atoms with van der Waals surface area (Å²) in [4.78, 5) is 75.7. The molecule has 376 valence electrons. The van der Waals surface area contributed by atoms with Gasteiger partial charge in [0.05, 0.1) is 29.2 Å². The summed E-state index contributed by atoms with van der Waals surface area (Å²) in [5.41, 5.74) is 3.15. The van der Waals surface area contributed by atoms with Crippen LogP contribution in [0.1, 0.15) is 91.5 Å². The molecule has 5 aromatic rings. The fraction of sp³-hybridized carbons (Fsp3) is 0.482. The van der Waals surface area contributed by atoms with Crippen molar-refractivity contribution in [2.75, 3.05) is 88.9 Å². The van der Waals surface area contributed by atoms with E-state index in [2.05, 4.69) is 50.0 Å². The molecular formula is C56H65FN10O5. The van der Waals surface area contributed by atoms with E-state index in [-0.39, 0.29) is 53.5 Å². The van der Waals surface area contributed by atoms with E-state index in [1.807, 2.05) is 42.5 Å². The minimum Gasteiger partial charge on any atom is -0.463 e. The maximum atomic E-state index is 17.2. The second-order valence-electron chi connectivity index (χ2n) is 20.6. The van der Waals surface area contributed by atoms with Gasteiger partial charge in [0.15, 0.2) is 5.82 Å². The van der Waals surface area contributed by atoms with Gasteiger partial charge in [-0.2, -0.15) is 9.97 Å². The molecule has 0 spiro atoms. The highest BCUT2D eigenvalue weighted by molar-refractivity contribution is 6.22. The Morgan fingerprint density at radius 2 is 1.64 bits per heavy atom. The number of hydrogen-bond donors (Lipinski definition) is 2. The lowest BCUT2D eigenvalue weighted by molar-refractivity contribution is -0.121. The first kappa shape index (κ1) is 49.1. The molecule has 4 aliphatic heterocycles. The van der Waals surface area contributed by atoms with E-state index < -0.39 is 23.7 Å². The van der Waals surface area contributed by atoms with Crippen LogP contribution in [0.5, 0.6) is 6.01 Å². The number of carbonyl (C=O) groups is 4. The zero-order valence-corrected chi connectivity index (χ0v) is 41.7. The van der Waals surface area contributed by atoms with Gasteiger partial charge in [-0.05, 0) is 80.5 Å². The van der Waals surface area contributed by atoms with Crippen molar-refractivity contribution < 1.29 is 28.3 Å². The normalized spacial score (nSPS) is 21.0. The molecule has 1 aliphatic carbocycles. The fourth-order valence-electron chi connectivity index (χ4n) is 11.4. The third-order valence-corrected chi connectivity index (χ3v) is 15.9. The molecule has 1 saturated carbocycles. The topological polar surface area (TPSA) is 156 Å². The van der Waals surface area contributed by atoms with E-state index in [1.54, 1.807) is 18.3 Å². The summed E-state index contributed by atoms with van der Waals surface area (Å²) in [6.45, 7) is 13.9. The summed E-state index contributed by atoms with van der Waals surface area (Å²) in [6, 6.07) is 16.6. The average molecular weight is 977 g/mol. The van der Waals surface area contributed by atoms with E-state index in [9.17, 15) is 19.2 Å². The summed E-state index contributed by atoms with van der Waals surface area (Å²) < 4.78 is 23.8. The van der Waals surface area contributed by atoms with Crippen molar-refractivity contribution in [2.24, 2.45) is 11.3 Å². The number of fused-ring (bicyclic) bond motifs is 3. The SMILES string of the molecule is C#Cc1cccc2cccc(-c3ncc4c(N5CC(CC)NC(CC)C5)nc(OCC5(CN6CCN(CC7CCN(c8ccc9c(c8)C(=O)N(C(C=O)CCC(=O)NC)C9=O)CC7)CC6)CC5)nc4c3F)c12. The third kappa shape index (κ3) is 9.86. The highest BCUT2D eigenvalue weighted by Crippen LogP contribution is 2.47. The number of imide groups is 1. The minimum absolute atomic E-state index is 0.0175. The van der Waals surface area contributed by atoms with E-state index in [0.717, 1.165) is 125 Å². The third-order valence-electron chi connectivity index (χ3n) is 15.9. The minimum atomic E-state index is -0.996. The Morgan fingerprint density at radius 3 is 2.32 bits per heavy atom. The molecule has 2 N–H and O–H groups in total. The second kappa shape index (κ2) is 20.9. The Bertz CT molecular complexity index is 2910. The van der Waals surface area contributed by atoms with Gasteiger partial charge in [-0.3, -0.25) is 24.3 Å². The number of piperidine rings is 1. The number of carbonyl (C=O) groups excluding carboxylic acids is 4. The van der Waals surface area contributed by atoms with E-state index in [0.29, 0.717) is 52.3 Å². The lowest BCUT2D eigenvalue weighted by Gasteiger charge is -2.40. The molecule has 3 aromatic carbocycles. The Kier molecular flexibility index (Phi) is 14.2. The average Bonchev–Trinajstić information content (AvgIpc) is 4.14. The first-order valence-corrected chi connectivity index (χ1v) is 25.9. The van der Waals surface area contributed by atoms with Crippen molar-refractivity contribution >= 4 is 57.2 Å². The Labute approximate surface area is 420 Å². The van der Waals surface area contributed by atoms with Crippen molar-refractivity contribution in [2.45, 2.75) is 83.3 Å². The van der Waals surface area contributed by atoms with Crippen LogP contribution in [0.2, 0.25) is 0 Å². The molecule has 0 bridgehead atoms. The lowest BCUT2D eigenvalue weighted by Crippen LogP contribution is -2.56. The van der Waals surface area contributed by atoms with Gasteiger partial charge in [0, 0.05) is 125 Å². The van der Waals surface area contributed by atoms with Crippen molar-refractivity contribution in [3.05, 3.63) is 83.3 Å². The van der Waals surface area contributed by atoms with Gasteiger partial charge in [-0.1, -0.05) is 50.1 Å². The molecule has 72 heavy (non-hydrogen) atoms. The first-order valence-electron chi connectivity index (χ1n) is 25.9. The molecule has 5 aliphatic rings. The lowest BCUT2D eigenvalue weighted by atomic mass is 9.95. The molecule has 3 amide bonds. The van der Waals surface area contributed by atoms with Crippen LogP contribution in [0.15, 0.2) is 60.8 Å². The predicted octanol–water partition coefficient (Wildman–Crippen LogP) is 6.32. The molecule has 3 unspecified atom stereocenters. The highest BCUT2D eigenvalue weighted by Gasteiger charge is 2.46. The first-order chi connectivity index (χ1) is 35.0. The van der Waals surface area contributed by atoms with Crippen molar-refractivity contribution in [1.29, 1.82) is 0 Å². The number of anilines is 2. The largest absolute Gasteiger partial charge is 0.463 e. The molecular weight excluding hydrogens is 912 g/mol. The van der Waals surface area contributed by atoms with Crippen molar-refractivity contribution in [3.63, 3.8) is 0 Å². The number of ether oxygens (including phenoxy) is 1. The van der Waals surface area contributed by atoms with Crippen LogP contribution in [0, 0.1) is 29.5 Å². The number of benzene rings is 3. The fourth-order valence-corrected chi connectivity index (χ4v) is 11.4. The van der Waals surface area contributed by atoms with Crippen molar-refractivity contribution in [3.8, 4) is 29.6 Å². The summed E-state index contributed by atoms with van der Waals surface area (Å²) in [5.74, 6) is 2.21. The van der Waals surface area contributed by atoms with E-state index in [4.69, 9.17) is 26.1 Å². The van der Waals surface area contributed by atoms with Crippen LogP contribution in [0.25, 0.3) is 32.9 Å². The van der Waals surface area contributed by atoms with Gasteiger partial charge in [-0.15, -0.1) is 6.42 Å². The Hall–Kier alpha value is -6.54. The number of aldehydes is 1. The number of pyridine rings is 1. The summed E-state index contributed by atoms with van der Waals surface area (Å²) >= 11 is 0. The molecule has 4 fully saturated rings. The number of amides is 3. The second-order valence-corrected chi connectivity index (χ2v) is 20.6. The number of hydrogen-bond acceptors (Lipinski definition) is 13. The number of piperazine rings is 2. The van der Waals surface area contributed by atoms with E-state index >= 15 is 4.39 Å². The molecule has 10 rings (SSSR count). The van der Waals surface area contributed by atoms with Gasteiger partial charge in [-0.25, -0.2) is 4.39 Å². The van der Waals surface area contributed by atoms with Crippen LogP contribution in [-0.2, 0) is 9.59 Å². The van der Waals surface area contributed by atoms with Crippen molar-refractivity contribution in [1.82, 2.24) is 40.3 Å². The van der Waals surface area contributed by atoms with Crippen LogP contribution in [0.3, 0.4) is 0 Å². The van der Waals surface area contributed by atoms with Gasteiger partial charge < -0.3 is 39.8 Å². The molecule has 0 radical (unpaired) electrons. The quantitative estimate of drug-likeness (QED) is 0.0608. The predicted molar refractivity (Wildman–Crippen MR) is 277 cm³/mol. The number of halogens is 1. The van der Waals surface area contributed by atoms with Crippen LogP contribution >= 0.6 is 0 Å². The number of terminal acetylenes is 1. The summed E-state index contributed by atoms with van der Waals surface area (Å²) in [5, 5.41) is 8.53. The molecule has 6 heterocycles. The monoisotopic (exact) mass is 977 g/mol. The zero-order chi connectivity index (χ0) is 50.1. The highest BCUT2D eigenvalue weighted by atomic mass is 19.1. The smallest absolute Gasteiger partial charge is 0.319 e. The summed E-state index contributed by atoms with van der Waals surface area (Å²) in [6.07, 6.45) is 14.4. The number of rotatable bonds is 17. The van der Waals surface area contributed by atoms with Gasteiger partial charge >= 0.3 is 6.01 Å². The van der Waals surface area contributed by atoms with Crippen LogP contribution in [0.4, 0.5) is 15.9 Å². The van der Waals surface area contributed by atoms with Crippen LogP contribution in [-0.4, -0.2) is 151 Å². The van der Waals surface area contributed by atoms with Gasteiger partial charge in [0.2, 0.25) is 5.91 Å². The molecule has 3 saturated heterocycles. The van der Waals surface area contributed by atoms with E-state index in [1.165, 1.54) is 7.05 Å². The standard InChI is InChI=1S/C56H65FN10O5/c1-5-37-10-8-11-38-12-9-13-44(48(37)38)50-49(57)51-46(29-59-50)52(66-31-39(6-2)60-40(7-3)32-66)62-55(61-51)72-35-56(20-21-56)34-64-26-24-63(25-27-64)30-36-18-22-65(23-19-36)41-14-16-43-45(28-41)54(71)67(53(43)70)42(33-68)15-17-47(69)58-4/h1,8-14,16,28-29,33,36,39-40,42,60H,6-7,15,17-27,30-32,34-35H2,2-4H3,(H,58,69). The maximum absolute atomic E-state index is 17.2. The Morgan fingerprint density at radius 1 is 0.931 bits per heavy atom. The molecule has 2 aromatic heterocycles. The van der Waals surface area contributed by atoms with Crippen LogP contribution < -0.4 is 25.2 Å².